The van der Waals surface area contributed by atoms with Crippen LogP contribution in [-0.2, 0) is 0 Å². The molecule has 2 aromatic heterocycles. The summed E-state index contributed by atoms with van der Waals surface area (Å²) in [6.45, 7) is 0. The Morgan fingerprint density at radius 3 is 2.57 bits per heavy atom. The number of para-hydroxylation sites is 2. The number of nitrogen functional groups attached to an aromatic ring is 1. The molecular formula is C16H13N7. The minimum absolute atomic E-state index is 0.409. The lowest BCUT2D eigenvalue weighted by Gasteiger charge is -2.11. The zero-order chi connectivity index (χ0) is 15.6. The first kappa shape index (κ1) is 13.2. The molecule has 0 saturated heterocycles. The van der Waals surface area contributed by atoms with Gasteiger partial charge in [0.2, 0.25) is 0 Å². The summed E-state index contributed by atoms with van der Waals surface area (Å²) in [4.78, 5) is 8.47. The Hall–Kier alpha value is -3.48. The first-order valence-corrected chi connectivity index (χ1v) is 7.06. The van der Waals surface area contributed by atoms with Crippen LogP contribution in [0.1, 0.15) is 0 Å². The molecular weight excluding hydrogens is 290 g/mol. The average Bonchev–Trinajstić information content (AvgIpc) is 3.02. The van der Waals surface area contributed by atoms with Gasteiger partial charge in [0.15, 0.2) is 11.6 Å². The highest BCUT2D eigenvalue weighted by atomic mass is 15.4. The molecule has 4 aromatic rings. The van der Waals surface area contributed by atoms with Crippen LogP contribution in [0.3, 0.4) is 0 Å². The summed E-state index contributed by atoms with van der Waals surface area (Å²) in [5, 5.41) is 11.5. The van der Waals surface area contributed by atoms with Crippen molar-refractivity contribution in [2.75, 3.05) is 11.1 Å². The van der Waals surface area contributed by atoms with E-state index in [1.165, 1.54) is 6.33 Å². The predicted octanol–water partition coefficient (Wildman–Crippen LogP) is 2.54. The molecule has 0 amide bonds. The molecule has 112 valence electrons. The lowest BCUT2D eigenvalue weighted by Crippen LogP contribution is -2.08. The second-order valence-electron chi connectivity index (χ2n) is 4.94. The quantitative estimate of drug-likeness (QED) is 0.604. The van der Waals surface area contributed by atoms with E-state index in [1.54, 1.807) is 4.68 Å². The normalized spacial score (nSPS) is 10.8. The third-order valence-electron chi connectivity index (χ3n) is 3.45. The monoisotopic (exact) mass is 303 g/mol. The van der Waals surface area contributed by atoms with Crippen LogP contribution in [0.4, 0.5) is 17.2 Å². The van der Waals surface area contributed by atoms with E-state index in [9.17, 15) is 0 Å². The van der Waals surface area contributed by atoms with Crippen molar-refractivity contribution in [3.8, 4) is 5.82 Å². The van der Waals surface area contributed by atoms with Gasteiger partial charge in [-0.2, -0.15) is 4.68 Å². The summed E-state index contributed by atoms with van der Waals surface area (Å²) in [6, 6.07) is 17.3. The van der Waals surface area contributed by atoms with E-state index in [-0.39, 0.29) is 0 Å². The maximum atomic E-state index is 6.24. The number of hydrogen-bond acceptors (Lipinski definition) is 6. The number of anilines is 3. The van der Waals surface area contributed by atoms with E-state index < -0.39 is 0 Å². The van der Waals surface area contributed by atoms with Crippen molar-refractivity contribution >= 4 is 28.2 Å². The minimum Gasteiger partial charge on any atom is -0.393 e. The number of fused-ring (bicyclic) bond motifs is 1. The highest BCUT2D eigenvalue weighted by Gasteiger charge is 2.14. The fourth-order valence-electron chi connectivity index (χ4n) is 2.34. The number of aromatic nitrogens is 5. The Bertz CT molecular complexity index is 963. The minimum atomic E-state index is 0.409. The number of nitrogens with one attached hydrogen (secondary N) is 1. The van der Waals surface area contributed by atoms with E-state index in [4.69, 9.17) is 5.73 Å². The molecule has 0 bridgehead atoms. The highest BCUT2D eigenvalue weighted by molar-refractivity contribution is 5.80. The van der Waals surface area contributed by atoms with Gasteiger partial charge in [0.25, 0.3) is 0 Å². The zero-order valence-electron chi connectivity index (χ0n) is 12.1. The standard InChI is InChI=1S/C16H13N7/c17-14-15(20-11-6-2-1-3-7-11)18-10-19-16(14)23-13-9-5-4-8-12(13)21-22-23/h1-10H,17H2,(H,18,19,20). The lowest BCUT2D eigenvalue weighted by atomic mass is 10.3. The van der Waals surface area contributed by atoms with Crippen molar-refractivity contribution < 1.29 is 0 Å². The van der Waals surface area contributed by atoms with Crippen molar-refractivity contribution in [2.24, 2.45) is 0 Å². The molecule has 0 atom stereocenters. The Morgan fingerprint density at radius 1 is 0.913 bits per heavy atom. The topological polar surface area (TPSA) is 94.5 Å². The summed E-state index contributed by atoms with van der Waals surface area (Å²) in [5.41, 5.74) is 9.16. The van der Waals surface area contributed by atoms with E-state index in [0.29, 0.717) is 17.3 Å². The van der Waals surface area contributed by atoms with Crippen molar-refractivity contribution in [1.82, 2.24) is 25.0 Å². The van der Waals surface area contributed by atoms with Gasteiger partial charge in [0.1, 0.15) is 17.5 Å². The van der Waals surface area contributed by atoms with Crippen molar-refractivity contribution in [1.29, 1.82) is 0 Å². The molecule has 0 aliphatic rings. The van der Waals surface area contributed by atoms with E-state index in [0.717, 1.165) is 16.7 Å². The van der Waals surface area contributed by atoms with Crippen LogP contribution in [-0.4, -0.2) is 25.0 Å². The van der Waals surface area contributed by atoms with Crippen molar-refractivity contribution in [2.45, 2.75) is 0 Å². The maximum absolute atomic E-state index is 6.24. The molecule has 2 aromatic carbocycles. The van der Waals surface area contributed by atoms with E-state index in [1.807, 2.05) is 54.6 Å². The fraction of sp³-hybridized carbons (Fsp3) is 0. The molecule has 0 aliphatic carbocycles. The maximum Gasteiger partial charge on any atom is 0.184 e. The predicted molar refractivity (Wildman–Crippen MR) is 88.6 cm³/mol. The first-order valence-electron chi connectivity index (χ1n) is 7.06. The summed E-state index contributed by atoms with van der Waals surface area (Å²) in [7, 11) is 0. The second kappa shape index (κ2) is 5.38. The highest BCUT2D eigenvalue weighted by Crippen LogP contribution is 2.26. The Morgan fingerprint density at radius 2 is 1.70 bits per heavy atom. The summed E-state index contributed by atoms with van der Waals surface area (Å²) >= 11 is 0. The molecule has 7 heteroatoms. The van der Waals surface area contributed by atoms with Gasteiger partial charge in [0, 0.05) is 5.69 Å². The smallest absolute Gasteiger partial charge is 0.184 e. The van der Waals surface area contributed by atoms with Crippen LogP contribution in [0.15, 0.2) is 60.9 Å². The van der Waals surface area contributed by atoms with Crippen molar-refractivity contribution in [3.63, 3.8) is 0 Å². The van der Waals surface area contributed by atoms with E-state index >= 15 is 0 Å². The van der Waals surface area contributed by atoms with Crippen molar-refractivity contribution in [3.05, 3.63) is 60.9 Å². The SMILES string of the molecule is Nc1c(Nc2ccccc2)ncnc1-n1nnc2ccccc21. The third-order valence-corrected chi connectivity index (χ3v) is 3.45. The molecule has 0 fully saturated rings. The number of benzene rings is 2. The summed E-state index contributed by atoms with van der Waals surface area (Å²) in [6.07, 6.45) is 1.45. The van der Waals surface area contributed by atoms with Gasteiger partial charge in [-0.3, -0.25) is 0 Å². The lowest BCUT2D eigenvalue weighted by molar-refractivity contribution is 0.800. The van der Waals surface area contributed by atoms with Gasteiger partial charge in [-0.05, 0) is 24.3 Å². The Kier molecular flexibility index (Phi) is 3.09. The van der Waals surface area contributed by atoms with Crippen LogP contribution < -0.4 is 11.1 Å². The Balaban J connectivity index is 1.80. The summed E-state index contributed by atoms with van der Waals surface area (Å²) < 4.78 is 1.61. The molecule has 23 heavy (non-hydrogen) atoms. The molecule has 3 N–H and O–H groups in total. The largest absolute Gasteiger partial charge is 0.393 e. The number of nitrogens with zero attached hydrogens (tertiary/aromatic N) is 5. The Labute approximate surface area is 131 Å². The van der Waals surface area contributed by atoms with Gasteiger partial charge in [0.05, 0.1) is 5.52 Å². The number of rotatable bonds is 3. The van der Waals surface area contributed by atoms with Gasteiger partial charge in [-0.1, -0.05) is 35.5 Å². The number of hydrogen-bond donors (Lipinski definition) is 2. The molecule has 2 heterocycles. The molecule has 0 aliphatic heterocycles. The molecule has 0 unspecified atom stereocenters. The average molecular weight is 303 g/mol. The van der Waals surface area contributed by atoms with Crippen LogP contribution in [0, 0.1) is 0 Å². The molecule has 0 spiro atoms. The van der Waals surface area contributed by atoms with E-state index in [2.05, 4.69) is 25.6 Å². The van der Waals surface area contributed by atoms with Crippen LogP contribution in [0.2, 0.25) is 0 Å². The number of nitrogens with two attached hydrogens (primary N) is 1. The first-order chi connectivity index (χ1) is 11.3. The third kappa shape index (κ3) is 2.34. The molecule has 0 saturated carbocycles. The van der Waals surface area contributed by atoms with Crippen LogP contribution in [0.5, 0.6) is 0 Å². The molecule has 7 nitrogen and oxygen atoms in total. The second-order valence-corrected chi connectivity index (χ2v) is 4.94. The van der Waals surface area contributed by atoms with Gasteiger partial charge in [-0.15, -0.1) is 5.10 Å². The van der Waals surface area contributed by atoms with Crippen LogP contribution >= 0.6 is 0 Å². The van der Waals surface area contributed by atoms with Gasteiger partial charge in [-0.25, -0.2) is 9.97 Å². The van der Waals surface area contributed by atoms with Crippen LogP contribution in [0.25, 0.3) is 16.9 Å². The van der Waals surface area contributed by atoms with Gasteiger partial charge < -0.3 is 11.1 Å². The molecule has 4 rings (SSSR count). The zero-order valence-corrected chi connectivity index (χ0v) is 12.1. The molecule has 0 radical (unpaired) electrons. The summed E-state index contributed by atoms with van der Waals surface area (Å²) in [5.74, 6) is 1.02. The fourth-order valence-corrected chi connectivity index (χ4v) is 2.34. The van der Waals surface area contributed by atoms with Gasteiger partial charge >= 0.3 is 0 Å².